The maximum atomic E-state index is 12.6. The summed E-state index contributed by atoms with van der Waals surface area (Å²) in [5.41, 5.74) is 0.787. The maximum Gasteiger partial charge on any atom is 0.345 e. The molecule has 1 aliphatic heterocycles. The molecule has 9 heteroatoms. The molecular formula is C15H21N7O2. The van der Waals surface area contributed by atoms with Crippen molar-refractivity contribution in [3.05, 3.63) is 28.7 Å². The number of carbonyl (C=O) groups is 1. The van der Waals surface area contributed by atoms with Gasteiger partial charge in [0.2, 0.25) is 5.91 Å². The molecule has 1 amide bonds. The fourth-order valence-corrected chi connectivity index (χ4v) is 3.29. The minimum atomic E-state index is -0.274. The van der Waals surface area contributed by atoms with Gasteiger partial charge in [-0.2, -0.15) is 5.10 Å². The minimum Gasteiger partial charge on any atom is -0.336 e. The summed E-state index contributed by atoms with van der Waals surface area (Å²) in [6.07, 6.45) is 7.74. The second-order valence-corrected chi connectivity index (χ2v) is 6.70. The van der Waals surface area contributed by atoms with Gasteiger partial charge in [-0.25, -0.2) is 9.48 Å². The maximum absolute atomic E-state index is 12.6. The van der Waals surface area contributed by atoms with E-state index in [-0.39, 0.29) is 24.2 Å². The first-order chi connectivity index (χ1) is 11.6. The molecule has 0 N–H and O–H groups in total. The first-order valence-electron chi connectivity index (χ1n) is 8.40. The first kappa shape index (κ1) is 15.1. The molecule has 1 saturated heterocycles. The van der Waals surface area contributed by atoms with Crippen molar-refractivity contribution < 1.29 is 4.79 Å². The number of amides is 1. The van der Waals surface area contributed by atoms with Gasteiger partial charge in [0, 0.05) is 25.7 Å². The third-order valence-corrected chi connectivity index (χ3v) is 4.82. The molecule has 1 aliphatic carbocycles. The predicted molar refractivity (Wildman–Crippen MR) is 84.2 cm³/mol. The predicted octanol–water partition coefficient (Wildman–Crippen LogP) is -0.258. The van der Waals surface area contributed by atoms with Crippen LogP contribution in [0.5, 0.6) is 0 Å². The molecule has 4 rings (SSSR count). The number of aryl methyl sites for hydroxylation is 1. The van der Waals surface area contributed by atoms with Gasteiger partial charge in [-0.3, -0.25) is 14.0 Å². The zero-order chi connectivity index (χ0) is 16.7. The second kappa shape index (κ2) is 5.88. The molecule has 1 saturated carbocycles. The molecule has 0 radical (unpaired) electrons. The average molecular weight is 331 g/mol. The van der Waals surface area contributed by atoms with Crippen molar-refractivity contribution in [1.82, 2.24) is 34.2 Å². The monoisotopic (exact) mass is 331 g/mol. The second-order valence-electron chi connectivity index (χ2n) is 6.70. The summed E-state index contributed by atoms with van der Waals surface area (Å²) in [7, 11) is 1.62. The molecule has 9 nitrogen and oxygen atoms in total. The lowest BCUT2D eigenvalue weighted by atomic mass is 10.2. The van der Waals surface area contributed by atoms with E-state index in [0.29, 0.717) is 12.5 Å². The summed E-state index contributed by atoms with van der Waals surface area (Å²) in [5, 5.41) is 12.4. The van der Waals surface area contributed by atoms with Crippen molar-refractivity contribution in [2.24, 2.45) is 7.05 Å². The van der Waals surface area contributed by atoms with Gasteiger partial charge in [0.1, 0.15) is 12.9 Å². The Labute approximate surface area is 138 Å². The molecule has 2 fully saturated rings. The molecule has 3 heterocycles. The highest BCUT2D eigenvalue weighted by Gasteiger charge is 2.31. The van der Waals surface area contributed by atoms with Crippen LogP contribution in [0.25, 0.3) is 0 Å². The van der Waals surface area contributed by atoms with Gasteiger partial charge in [0.05, 0.1) is 18.3 Å². The molecule has 1 atom stereocenters. The molecule has 24 heavy (non-hydrogen) atoms. The summed E-state index contributed by atoms with van der Waals surface area (Å²) in [6.45, 7) is 1.36. The van der Waals surface area contributed by atoms with E-state index in [1.165, 1.54) is 28.4 Å². The van der Waals surface area contributed by atoms with Crippen LogP contribution < -0.4 is 5.69 Å². The van der Waals surface area contributed by atoms with E-state index in [0.717, 1.165) is 25.1 Å². The molecular weight excluding hydrogens is 310 g/mol. The van der Waals surface area contributed by atoms with E-state index in [4.69, 9.17) is 0 Å². The van der Waals surface area contributed by atoms with Crippen LogP contribution in [0.4, 0.5) is 0 Å². The van der Waals surface area contributed by atoms with Crippen LogP contribution in [0, 0.1) is 0 Å². The van der Waals surface area contributed by atoms with Gasteiger partial charge in [0.25, 0.3) is 0 Å². The van der Waals surface area contributed by atoms with Gasteiger partial charge in [-0.1, -0.05) is 5.21 Å². The summed E-state index contributed by atoms with van der Waals surface area (Å²) in [6, 6.07) is 0.102. The fraction of sp³-hybridized carbons (Fsp3) is 0.667. The van der Waals surface area contributed by atoms with Crippen LogP contribution in [-0.2, 0) is 24.9 Å². The van der Waals surface area contributed by atoms with E-state index in [1.807, 2.05) is 15.8 Å². The number of hydrogen-bond donors (Lipinski definition) is 0. The van der Waals surface area contributed by atoms with Crippen molar-refractivity contribution in [2.45, 2.75) is 50.7 Å². The molecule has 0 spiro atoms. The van der Waals surface area contributed by atoms with Gasteiger partial charge in [-0.05, 0) is 25.7 Å². The summed E-state index contributed by atoms with van der Waals surface area (Å²) >= 11 is 0. The summed E-state index contributed by atoms with van der Waals surface area (Å²) in [5.74, 6) is 0.511. The standard InChI is InChI=1S/C15H21N7O2/c1-19-10-16-22(15(19)24)9-14(23)21-6-2-3-12(21)7-20-8-13(17-18-20)11-4-5-11/h8,10-12H,2-7,9H2,1H3/t12-/m0/s1. The number of rotatable bonds is 5. The zero-order valence-corrected chi connectivity index (χ0v) is 13.7. The summed E-state index contributed by atoms with van der Waals surface area (Å²) < 4.78 is 4.42. The van der Waals surface area contributed by atoms with Crippen molar-refractivity contribution >= 4 is 5.91 Å². The lowest BCUT2D eigenvalue weighted by molar-refractivity contribution is -0.133. The zero-order valence-electron chi connectivity index (χ0n) is 13.7. The van der Waals surface area contributed by atoms with Crippen LogP contribution in [0.3, 0.4) is 0 Å². The van der Waals surface area contributed by atoms with E-state index in [1.54, 1.807) is 7.05 Å². The lowest BCUT2D eigenvalue weighted by Crippen LogP contribution is -2.41. The Morgan fingerprint density at radius 2 is 2.17 bits per heavy atom. The summed E-state index contributed by atoms with van der Waals surface area (Å²) in [4.78, 5) is 26.3. The molecule has 0 bridgehead atoms. The quantitative estimate of drug-likeness (QED) is 0.753. The third-order valence-electron chi connectivity index (χ3n) is 4.82. The minimum absolute atomic E-state index is 0.0130. The molecule has 2 aromatic rings. The van der Waals surface area contributed by atoms with Crippen LogP contribution >= 0.6 is 0 Å². The third kappa shape index (κ3) is 2.85. The van der Waals surface area contributed by atoms with Crippen molar-refractivity contribution in [1.29, 1.82) is 0 Å². The number of nitrogens with zero attached hydrogens (tertiary/aromatic N) is 7. The molecule has 0 aromatic carbocycles. The Hall–Kier alpha value is -2.45. The molecule has 2 aromatic heterocycles. The highest BCUT2D eigenvalue weighted by molar-refractivity contribution is 5.76. The van der Waals surface area contributed by atoms with Crippen LogP contribution in [0.2, 0.25) is 0 Å². The topological polar surface area (TPSA) is 90.8 Å². The molecule has 0 unspecified atom stereocenters. The number of carbonyl (C=O) groups excluding carboxylic acids is 1. The van der Waals surface area contributed by atoms with Gasteiger partial charge >= 0.3 is 5.69 Å². The van der Waals surface area contributed by atoms with E-state index in [2.05, 4.69) is 15.4 Å². The largest absolute Gasteiger partial charge is 0.345 e. The molecule has 128 valence electrons. The Balaban J connectivity index is 1.42. The fourth-order valence-electron chi connectivity index (χ4n) is 3.29. The van der Waals surface area contributed by atoms with Crippen molar-refractivity contribution in [2.75, 3.05) is 6.54 Å². The lowest BCUT2D eigenvalue weighted by Gasteiger charge is -2.24. The Kier molecular flexibility index (Phi) is 3.70. The Morgan fingerprint density at radius 3 is 2.88 bits per heavy atom. The van der Waals surface area contributed by atoms with Crippen LogP contribution in [0.1, 0.15) is 37.3 Å². The Bertz CT molecular complexity index is 801. The van der Waals surface area contributed by atoms with Crippen molar-refractivity contribution in [3.63, 3.8) is 0 Å². The highest BCUT2D eigenvalue weighted by atomic mass is 16.2. The highest BCUT2D eigenvalue weighted by Crippen LogP contribution is 2.38. The van der Waals surface area contributed by atoms with Gasteiger partial charge < -0.3 is 4.90 Å². The average Bonchev–Trinajstić information content (AvgIpc) is 2.99. The van der Waals surface area contributed by atoms with E-state index in [9.17, 15) is 9.59 Å². The van der Waals surface area contributed by atoms with E-state index < -0.39 is 0 Å². The molecule has 2 aliphatic rings. The van der Waals surface area contributed by atoms with Gasteiger partial charge in [-0.15, -0.1) is 5.10 Å². The normalized spacial score (nSPS) is 20.7. The SMILES string of the molecule is Cn1cnn(CC(=O)N2CCC[C@H]2Cn2cc(C3CC3)nn2)c1=O. The van der Waals surface area contributed by atoms with Crippen LogP contribution in [0.15, 0.2) is 17.3 Å². The number of likely N-dealkylation sites (tertiary alicyclic amines) is 1. The number of aromatic nitrogens is 6. The smallest absolute Gasteiger partial charge is 0.336 e. The first-order valence-corrected chi connectivity index (χ1v) is 8.40. The van der Waals surface area contributed by atoms with Gasteiger partial charge in [0.15, 0.2) is 0 Å². The number of hydrogen-bond acceptors (Lipinski definition) is 5. The Morgan fingerprint density at radius 1 is 1.33 bits per heavy atom. The van der Waals surface area contributed by atoms with Crippen LogP contribution in [-0.4, -0.2) is 52.7 Å². The van der Waals surface area contributed by atoms with Crippen molar-refractivity contribution in [3.8, 4) is 0 Å². The van der Waals surface area contributed by atoms with E-state index >= 15 is 0 Å².